The van der Waals surface area contributed by atoms with Crippen LogP contribution in [0.3, 0.4) is 0 Å². The summed E-state index contributed by atoms with van der Waals surface area (Å²) in [5.41, 5.74) is 0.244. The van der Waals surface area contributed by atoms with Crippen LogP contribution in [0.4, 0.5) is 0 Å². The molecule has 1 unspecified atom stereocenters. The number of ether oxygens (including phenoxy) is 1. The summed E-state index contributed by atoms with van der Waals surface area (Å²) in [7, 11) is 0. The lowest BCUT2D eigenvalue weighted by Crippen LogP contribution is -2.44. The Morgan fingerprint density at radius 1 is 1.29 bits per heavy atom. The van der Waals surface area contributed by atoms with E-state index in [1.165, 1.54) is 45.3 Å². The van der Waals surface area contributed by atoms with Gasteiger partial charge in [0.1, 0.15) is 0 Å². The molecule has 0 aromatic heterocycles. The van der Waals surface area contributed by atoms with Gasteiger partial charge >= 0.3 is 0 Å². The minimum Gasteiger partial charge on any atom is -0.376 e. The Morgan fingerprint density at radius 3 is 2.62 bits per heavy atom. The monoisotopic (exact) mass is 294 g/mol. The first kappa shape index (κ1) is 15.3. The molecule has 1 saturated carbocycles. The fourth-order valence-electron chi connectivity index (χ4n) is 3.86. The zero-order chi connectivity index (χ0) is 14.9. The Morgan fingerprint density at radius 2 is 2.00 bits per heavy atom. The van der Waals surface area contributed by atoms with Crippen LogP contribution in [-0.2, 0) is 9.53 Å². The molecule has 1 N–H and O–H groups in total. The number of nitrogens with zero attached hydrogens (tertiary/aromatic N) is 1. The van der Waals surface area contributed by atoms with Gasteiger partial charge in [-0.3, -0.25) is 4.79 Å². The van der Waals surface area contributed by atoms with Crippen molar-refractivity contribution in [3.05, 3.63) is 0 Å². The van der Waals surface area contributed by atoms with Crippen molar-refractivity contribution in [3.8, 4) is 0 Å². The third-order valence-electron chi connectivity index (χ3n) is 5.42. The summed E-state index contributed by atoms with van der Waals surface area (Å²) >= 11 is 0. The van der Waals surface area contributed by atoms with E-state index in [1.807, 2.05) is 0 Å². The standard InChI is InChI=1S/C17H30N2O2/c1-16(2)11-14(5-10-21-16)15(20)18-12-17(6-7-17)13-19-8-3-4-9-19/h14H,3-13H2,1-2H3,(H,18,20). The van der Waals surface area contributed by atoms with E-state index in [4.69, 9.17) is 4.74 Å². The molecular weight excluding hydrogens is 264 g/mol. The maximum atomic E-state index is 12.4. The van der Waals surface area contributed by atoms with Gasteiger partial charge in [-0.05, 0) is 65.5 Å². The lowest BCUT2D eigenvalue weighted by Gasteiger charge is -2.35. The number of rotatable bonds is 5. The van der Waals surface area contributed by atoms with Crippen LogP contribution in [0.25, 0.3) is 0 Å². The van der Waals surface area contributed by atoms with Gasteiger partial charge in [0.2, 0.25) is 5.91 Å². The second kappa shape index (κ2) is 5.88. The van der Waals surface area contributed by atoms with Crippen molar-refractivity contribution in [2.24, 2.45) is 11.3 Å². The van der Waals surface area contributed by atoms with Crippen molar-refractivity contribution in [2.45, 2.75) is 58.0 Å². The number of carbonyl (C=O) groups is 1. The molecule has 1 atom stereocenters. The largest absolute Gasteiger partial charge is 0.376 e. The van der Waals surface area contributed by atoms with Gasteiger partial charge in [-0.1, -0.05) is 0 Å². The number of amides is 1. The molecule has 3 fully saturated rings. The van der Waals surface area contributed by atoms with Crippen LogP contribution in [0, 0.1) is 11.3 Å². The van der Waals surface area contributed by atoms with Crippen LogP contribution >= 0.6 is 0 Å². The normalized spacial score (nSPS) is 31.0. The Bertz CT molecular complexity index is 384. The van der Waals surface area contributed by atoms with E-state index >= 15 is 0 Å². The Kier molecular flexibility index (Phi) is 4.28. The van der Waals surface area contributed by atoms with E-state index in [0.717, 1.165) is 19.4 Å². The fraction of sp³-hybridized carbons (Fsp3) is 0.941. The van der Waals surface area contributed by atoms with Crippen molar-refractivity contribution in [2.75, 3.05) is 32.8 Å². The number of hydrogen-bond donors (Lipinski definition) is 1. The second-order valence-electron chi connectivity index (χ2n) is 8.00. The first-order valence-corrected chi connectivity index (χ1v) is 8.62. The molecule has 0 bridgehead atoms. The summed E-state index contributed by atoms with van der Waals surface area (Å²) < 4.78 is 5.71. The third-order valence-corrected chi connectivity index (χ3v) is 5.42. The van der Waals surface area contributed by atoms with Gasteiger partial charge in [0, 0.05) is 31.0 Å². The minimum atomic E-state index is -0.146. The lowest BCUT2D eigenvalue weighted by molar-refractivity contribution is -0.135. The van der Waals surface area contributed by atoms with E-state index in [9.17, 15) is 4.79 Å². The molecule has 4 heteroatoms. The van der Waals surface area contributed by atoms with E-state index in [-0.39, 0.29) is 17.4 Å². The van der Waals surface area contributed by atoms with Crippen LogP contribution in [0.15, 0.2) is 0 Å². The van der Waals surface area contributed by atoms with E-state index in [2.05, 4.69) is 24.1 Å². The van der Waals surface area contributed by atoms with Crippen LogP contribution in [0.1, 0.15) is 52.4 Å². The topological polar surface area (TPSA) is 41.6 Å². The van der Waals surface area contributed by atoms with Gasteiger partial charge in [-0.2, -0.15) is 0 Å². The van der Waals surface area contributed by atoms with Crippen LogP contribution in [0.5, 0.6) is 0 Å². The number of nitrogens with one attached hydrogen (secondary N) is 1. The number of likely N-dealkylation sites (tertiary alicyclic amines) is 1. The Balaban J connectivity index is 1.45. The Labute approximate surface area is 128 Å². The summed E-state index contributed by atoms with van der Waals surface area (Å²) in [5.74, 6) is 0.385. The molecule has 3 rings (SSSR count). The molecule has 4 nitrogen and oxygen atoms in total. The molecule has 2 heterocycles. The highest BCUT2D eigenvalue weighted by Crippen LogP contribution is 2.46. The molecule has 0 aromatic rings. The predicted molar refractivity (Wildman–Crippen MR) is 83.1 cm³/mol. The first-order valence-electron chi connectivity index (χ1n) is 8.62. The molecule has 120 valence electrons. The van der Waals surface area contributed by atoms with Gasteiger partial charge in [-0.25, -0.2) is 0 Å². The molecule has 0 radical (unpaired) electrons. The van der Waals surface area contributed by atoms with Crippen LogP contribution < -0.4 is 5.32 Å². The fourth-order valence-corrected chi connectivity index (χ4v) is 3.86. The molecule has 3 aliphatic rings. The predicted octanol–water partition coefficient (Wildman–Crippen LogP) is 2.18. The highest BCUT2D eigenvalue weighted by Gasteiger charge is 2.44. The van der Waals surface area contributed by atoms with Crippen LogP contribution in [0.2, 0.25) is 0 Å². The van der Waals surface area contributed by atoms with Crippen molar-refractivity contribution >= 4 is 5.91 Å². The molecular formula is C17H30N2O2. The summed E-state index contributed by atoms with van der Waals surface area (Å²) in [6, 6.07) is 0. The van der Waals surface area contributed by atoms with Gasteiger partial charge < -0.3 is 15.0 Å². The van der Waals surface area contributed by atoms with Crippen molar-refractivity contribution in [1.82, 2.24) is 10.2 Å². The number of hydrogen-bond acceptors (Lipinski definition) is 3. The summed E-state index contributed by atoms with van der Waals surface area (Å²) in [5, 5.41) is 3.25. The van der Waals surface area contributed by atoms with Crippen molar-refractivity contribution < 1.29 is 9.53 Å². The average molecular weight is 294 g/mol. The average Bonchev–Trinajstić information content (AvgIpc) is 2.99. The SMILES string of the molecule is CC1(C)CC(C(=O)NCC2(CN3CCCC3)CC2)CCO1. The van der Waals surface area contributed by atoms with Gasteiger partial charge in [0.15, 0.2) is 0 Å². The van der Waals surface area contributed by atoms with Gasteiger partial charge in [0.25, 0.3) is 0 Å². The highest BCUT2D eigenvalue weighted by molar-refractivity contribution is 5.78. The molecule has 21 heavy (non-hydrogen) atoms. The maximum Gasteiger partial charge on any atom is 0.223 e. The molecule has 0 aromatic carbocycles. The van der Waals surface area contributed by atoms with E-state index in [0.29, 0.717) is 12.0 Å². The molecule has 2 aliphatic heterocycles. The lowest BCUT2D eigenvalue weighted by atomic mass is 9.87. The van der Waals surface area contributed by atoms with Crippen molar-refractivity contribution in [1.29, 1.82) is 0 Å². The van der Waals surface area contributed by atoms with E-state index in [1.54, 1.807) is 0 Å². The molecule has 0 spiro atoms. The maximum absolute atomic E-state index is 12.4. The Hall–Kier alpha value is -0.610. The molecule has 2 saturated heterocycles. The van der Waals surface area contributed by atoms with Gasteiger partial charge in [-0.15, -0.1) is 0 Å². The summed E-state index contributed by atoms with van der Waals surface area (Å²) in [6.07, 6.45) is 6.97. The summed E-state index contributed by atoms with van der Waals surface area (Å²) in [4.78, 5) is 15.0. The number of carbonyl (C=O) groups excluding carboxylic acids is 1. The molecule has 1 amide bonds. The van der Waals surface area contributed by atoms with Crippen LogP contribution in [-0.4, -0.2) is 49.2 Å². The molecule has 1 aliphatic carbocycles. The zero-order valence-electron chi connectivity index (χ0n) is 13.6. The van der Waals surface area contributed by atoms with E-state index < -0.39 is 0 Å². The smallest absolute Gasteiger partial charge is 0.223 e. The van der Waals surface area contributed by atoms with Crippen molar-refractivity contribution in [3.63, 3.8) is 0 Å². The highest BCUT2D eigenvalue weighted by atomic mass is 16.5. The first-order chi connectivity index (χ1) is 9.98. The summed E-state index contributed by atoms with van der Waals surface area (Å²) in [6.45, 7) is 9.45. The zero-order valence-corrected chi connectivity index (χ0v) is 13.6. The second-order valence-corrected chi connectivity index (χ2v) is 8.00. The quantitative estimate of drug-likeness (QED) is 0.845. The minimum absolute atomic E-state index is 0.135. The third kappa shape index (κ3) is 3.98. The van der Waals surface area contributed by atoms with Gasteiger partial charge in [0.05, 0.1) is 5.60 Å².